The van der Waals surface area contributed by atoms with Gasteiger partial charge in [0.1, 0.15) is 0 Å². The van der Waals surface area contributed by atoms with Gasteiger partial charge in [0.25, 0.3) is 0 Å². The molecule has 14 heteroatoms. The van der Waals surface area contributed by atoms with Crippen LogP contribution in [0, 0.1) is 0 Å². The second-order valence-corrected chi connectivity index (χ2v) is 8.60. The van der Waals surface area contributed by atoms with Crippen LogP contribution in [0.15, 0.2) is 21.6 Å². The molecular weight excluding hydrogens is 472 g/mol. The predicted octanol–water partition coefficient (Wildman–Crippen LogP) is -1.51. The van der Waals surface area contributed by atoms with Crippen LogP contribution >= 0.6 is 11.3 Å². The largest absolute Gasteiger partial charge is 0.370 e. The topological polar surface area (TPSA) is 192 Å². The monoisotopic (exact) mass is 510 g/mol. The first-order valence-corrected chi connectivity index (χ1v) is 12.2. The predicted molar refractivity (Wildman–Crippen MR) is 138 cm³/mol. The number of thiazole rings is 1. The number of carbonyl (C=O) groups is 3. The maximum Gasteiger partial charge on any atom is 0.239 e. The van der Waals surface area contributed by atoms with E-state index in [4.69, 9.17) is 11.5 Å². The number of Topliss-reactive ketones (excluding diaryl/α,β-unsaturated/α-hetero) is 1. The van der Waals surface area contributed by atoms with Gasteiger partial charge < -0.3 is 37.6 Å². The molecule has 1 heterocycles. The summed E-state index contributed by atoms with van der Waals surface area (Å²) in [7, 11) is 6.69. The Bertz CT molecular complexity index is 860. The molecule has 0 saturated carbocycles. The van der Waals surface area contributed by atoms with Crippen molar-refractivity contribution in [2.24, 2.45) is 21.5 Å². The van der Waals surface area contributed by atoms with Gasteiger partial charge in [-0.1, -0.05) is 0 Å². The van der Waals surface area contributed by atoms with Gasteiger partial charge in [-0.15, -0.1) is 11.3 Å². The maximum absolute atomic E-state index is 12.8. The van der Waals surface area contributed by atoms with E-state index in [-0.39, 0.29) is 18.2 Å². The first-order valence-electron chi connectivity index (χ1n) is 11.3. The number of nitrogens with zero attached hydrogens (tertiary/aromatic N) is 4. The number of nitrogens with one attached hydrogen (secondary N) is 4. The number of aromatic nitrogens is 1. The number of rotatable bonds is 15. The Morgan fingerprint density at radius 2 is 1.83 bits per heavy atom. The molecular formula is C21H38N10O3S. The van der Waals surface area contributed by atoms with Crippen LogP contribution in [0.1, 0.15) is 35.5 Å². The molecule has 1 aromatic heterocycles. The van der Waals surface area contributed by atoms with E-state index in [0.29, 0.717) is 55.7 Å². The Labute approximate surface area is 210 Å². The summed E-state index contributed by atoms with van der Waals surface area (Å²) in [5.74, 6) is -0.316. The zero-order chi connectivity index (χ0) is 26.2. The second-order valence-electron chi connectivity index (χ2n) is 7.70. The molecule has 2 amide bonds. The van der Waals surface area contributed by atoms with Crippen molar-refractivity contribution in [2.45, 2.75) is 37.8 Å². The number of hydrogen-bond donors (Lipinski definition) is 6. The first kappa shape index (κ1) is 29.8. The van der Waals surface area contributed by atoms with Crippen molar-refractivity contribution in [2.75, 3.05) is 47.8 Å². The van der Waals surface area contributed by atoms with Crippen LogP contribution in [0.25, 0.3) is 0 Å². The lowest BCUT2D eigenvalue weighted by atomic mass is 10.1. The molecule has 35 heavy (non-hydrogen) atoms. The van der Waals surface area contributed by atoms with E-state index in [2.05, 4.69) is 36.2 Å². The number of ketones is 1. The highest BCUT2D eigenvalue weighted by molar-refractivity contribution is 7.11. The maximum atomic E-state index is 12.8. The van der Waals surface area contributed by atoms with Crippen LogP contribution in [0.2, 0.25) is 0 Å². The standard InChI is InChI=1S/C21H38N10O3S/c1-24-15(8-6-11-31(4)21(23)26-3)18(34)29-13-16(32)30-14(7-5-9-28-20(22)25-2)17(33)19-27-10-12-35-19/h10,12,14-15,24H,5-9,11,13H2,1-4H3,(H2,23,26)(H,29,34)(H,30,32)(H3,22,25,28)/t14-,15+/m0/s1. The molecule has 0 unspecified atom stereocenters. The smallest absolute Gasteiger partial charge is 0.239 e. The van der Waals surface area contributed by atoms with Gasteiger partial charge >= 0.3 is 0 Å². The third-order valence-corrected chi connectivity index (χ3v) is 5.99. The number of nitrogens with two attached hydrogens (primary N) is 2. The van der Waals surface area contributed by atoms with Crippen LogP contribution in [0.5, 0.6) is 0 Å². The molecule has 0 aliphatic rings. The third-order valence-electron chi connectivity index (χ3n) is 5.21. The second kappa shape index (κ2) is 16.4. The number of likely N-dealkylation sites (N-methyl/N-ethyl adjacent to an activating group) is 1. The Hall–Kier alpha value is -3.26. The molecule has 1 aromatic rings. The van der Waals surface area contributed by atoms with Gasteiger partial charge in [-0.3, -0.25) is 24.4 Å². The van der Waals surface area contributed by atoms with Crippen molar-refractivity contribution in [1.29, 1.82) is 0 Å². The van der Waals surface area contributed by atoms with E-state index >= 15 is 0 Å². The summed E-state index contributed by atoms with van der Waals surface area (Å²) in [6.45, 7) is 0.883. The van der Waals surface area contributed by atoms with Crippen molar-refractivity contribution >= 4 is 40.9 Å². The van der Waals surface area contributed by atoms with E-state index in [9.17, 15) is 14.4 Å². The minimum atomic E-state index is -0.770. The zero-order valence-electron chi connectivity index (χ0n) is 20.8. The lowest BCUT2D eigenvalue weighted by molar-refractivity contribution is -0.127. The number of carbonyl (C=O) groups excluding carboxylic acids is 3. The summed E-state index contributed by atoms with van der Waals surface area (Å²) in [6, 6.07) is -1.24. The van der Waals surface area contributed by atoms with Gasteiger partial charge in [-0.2, -0.15) is 0 Å². The van der Waals surface area contributed by atoms with E-state index < -0.39 is 18.0 Å². The highest BCUT2D eigenvalue weighted by Gasteiger charge is 2.24. The lowest BCUT2D eigenvalue weighted by Gasteiger charge is -2.21. The van der Waals surface area contributed by atoms with Crippen molar-refractivity contribution in [3.05, 3.63) is 16.6 Å². The first-order chi connectivity index (χ1) is 16.7. The zero-order valence-corrected chi connectivity index (χ0v) is 21.7. The Morgan fingerprint density at radius 3 is 2.43 bits per heavy atom. The highest BCUT2D eigenvalue weighted by atomic mass is 32.1. The summed E-state index contributed by atoms with van der Waals surface area (Å²) in [5.41, 5.74) is 11.4. The van der Waals surface area contributed by atoms with E-state index in [0.717, 1.165) is 0 Å². The molecule has 0 aliphatic carbocycles. The van der Waals surface area contributed by atoms with Crippen molar-refractivity contribution in [3.8, 4) is 0 Å². The number of amides is 2. The van der Waals surface area contributed by atoms with Crippen molar-refractivity contribution in [3.63, 3.8) is 0 Å². The van der Waals surface area contributed by atoms with E-state index in [1.54, 1.807) is 31.4 Å². The molecule has 0 fully saturated rings. The van der Waals surface area contributed by atoms with Crippen LogP contribution in [-0.2, 0) is 9.59 Å². The van der Waals surface area contributed by atoms with Gasteiger partial charge in [0.2, 0.25) is 17.6 Å². The van der Waals surface area contributed by atoms with Gasteiger partial charge in [0, 0.05) is 45.8 Å². The molecule has 0 aliphatic heterocycles. The van der Waals surface area contributed by atoms with Crippen molar-refractivity contribution < 1.29 is 14.4 Å². The summed E-state index contributed by atoms with van der Waals surface area (Å²) >= 11 is 1.21. The number of aliphatic imine (C=N–C) groups is 2. The van der Waals surface area contributed by atoms with Crippen LogP contribution < -0.4 is 32.7 Å². The molecule has 0 radical (unpaired) electrons. The molecule has 1 rings (SSSR count). The summed E-state index contributed by atoms with van der Waals surface area (Å²) < 4.78 is 0. The Kier molecular flexibility index (Phi) is 13.9. The molecule has 0 aromatic carbocycles. The average molecular weight is 511 g/mol. The normalized spacial score (nSPS) is 13.6. The van der Waals surface area contributed by atoms with E-state index in [1.807, 2.05) is 7.05 Å². The molecule has 13 nitrogen and oxygen atoms in total. The van der Waals surface area contributed by atoms with Crippen LogP contribution in [-0.4, -0.2) is 99.3 Å². The third kappa shape index (κ3) is 11.1. The fraction of sp³-hybridized carbons (Fsp3) is 0.619. The molecule has 0 spiro atoms. The number of guanidine groups is 2. The minimum Gasteiger partial charge on any atom is -0.370 e. The molecule has 2 atom stereocenters. The molecule has 0 bridgehead atoms. The van der Waals surface area contributed by atoms with Crippen molar-refractivity contribution in [1.82, 2.24) is 31.2 Å². The van der Waals surface area contributed by atoms with Gasteiger partial charge in [0.05, 0.1) is 18.6 Å². The van der Waals surface area contributed by atoms with Gasteiger partial charge in [-0.25, -0.2) is 4.98 Å². The average Bonchev–Trinajstić information content (AvgIpc) is 3.40. The minimum absolute atomic E-state index is 0.248. The van der Waals surface area contributed by atoms with Gasteiger partial charge in [-0.05, 0) is 32.7 Å². The quantitative estimate of drug-likeness (QED) is 0.0704. The summed E-state index contributed by atoms with van der Waals surface area (Å²) in [5, 5.41) is 13.2. The molecule has 0 saturated heterocycles. The fourth-order valence-corrected chi connectivity index (χ4v) is 3.76. The lowest BCUT2D eigenvalue weighted by Crippen LogP contribution is -2.49. The Balaban J connectivity index is 2.58. The highest BCUT2D eigenvalue weighted by Crippen LogP contribution is 2.11. The summed E-state index contributed by atoms with van der Waals surface area (Å²) in [6.07, 6.45) is 3.72. The number of hydrogen-bond acceptors (Lipinski definition) is 8. The Morgan fingerprint density at radius 1 is 1.11 bits per heavy atom. The SMILES string of the molecule is CN=C(N)NCCC[C@H](NC(=O)CNC(=O)[C@@H](CCCN(C)C(N)=NC)NC)C(=O)c1nccs1. The molecule has 196 valence electrons. The molecule has 8 N–H and O–H groups in total. The fourth-order valence-electron chi connectivity index (χ4n) is 3.13. The summed E-state index contributed by atoms with van der Waals surface area (Å²) in [4.78, 5) is 51.5. The van der Waals surface area contributed by atoms with Crippen LogP contribution in [0.4, 0.5) is 0 Å². The van der Waals surface area contributed by atoms with E-state index in [1.165, 1.54) is 17.5 Å². The van der Waals surface area contributed by atoms with Gasteiger partial charge in [0.15, 0.2) is 16.9 Å². The van der Waals surface area contributed by atoms with Crippen LogP contribution in [0.3, 0.4) is 0 Å².